The van der Waals surface area contributed by atoms with Gasteiger partial charge in [0.2, 0.25) is 17.4 Å². The highest BCUT2D eigenvalue weighted by molar-refractivity contribution is 6.58. The lowest BCUT2D eigenvalue weighted by atomic mass is 9.80. The first-order valence-corrected chi connectivity index (χ1v) is 10.1. The maximum absolute atomic E-state index is 12.6. The summed E-state index contributed by atoms with van der Waals surface area (Å²) in [6.07, 6.45) is 7.51. The molecule has 1 atom stereocenters. The van der Waals surface area contributed by atoms with E-state index in [4.69, 9.17) is 5.73 Å². The molecule has 2 aromatic rings. The summed E-state index contributed by atoms with van der Waals surface area (Å²) in [5.74, 6) is 1.24. The van der Waals surface area contributed by atoms with Gasteiger partial charge in [0.05, 0.1) is 0 Å². The van der Waals surface area contributed by atoms with Crippen molar-refractivity contribution >= 4 is 36.0 Å². The molecule has 4 rings (SSSR count). The molecule has 5 N–H and O–H groups in total. The SMILES string of the molecule is CCc1nnc(C2=C(C)N=C3C=CC=C[N+]32C(N)=O)nc1NCc1cccc(B(O)O)c1. The van der Waals surface area contributed by atoms with Gasteiger partial charge in [0, 0.05) is 12.6 Å². The summed E-state index contributed by atoms with van der Waals surface area (Å²) in [5.41, 5.74) is 8.73. The summed E-state index contributed by atoms with van der Waals surface area (Å²) in [5, 5.41) is 30.6. The minimum absolute atomic E-state index is 0.249. The minimum atomic E-state index is -1.54. The van der Waals surface area contributed by atoms with Crippen molar-refractivity contribution in [2.75, 3.05) is 5.32 Å². The first-order chi connectivity index (χ1) is 15.4. The topological polar surface area (TPSA) is 147 Å². The quantitative estimate of drug-likeness (QED) is 0.390. The zero-order valence-electron chi connectivity index (χ0n) is 17.7. The fourth-order valence-electron chi connectivity index (χ4n) is 3.79. The van der Waals surface area contributed by atoms with Crippen molar-refractivity contribution in [3.05, 3.63) is 71.5 Å². The number of amides is 2. The van der Waals surface area contributed by atoms with Gasteiger partial charge in [-0.25, -0.2) is 9.78 Å². The Morgan fingerprint density at radius 3 is 2.78 bits per heavy atom. The largest absolute Gasteiger partial charge is 0.488 e. The van der Waals surface area contributed by atoms with E-state index in [2.05, 4.69) is 25.5 Å². The van der Waals surface area contributed by atoms with E-state index in [9.17, 15) is 14.8 Å². The zero-order chi connectivity index (χ0) is 22.9. The summed E-state index contributed by atoms with van der Waals surface area (Å²) in [4.78, 5) is 21.7. The van der Waals surface area contributed by atoms with Gasteiger partial charge in [0.1, 0.15) is 17.6 Å². The number of nitrogens with two attached hydrogens (primary N) is 1. The highest BCUT2D eigenvalue weighted by Crippen LogP contribution is 2.38. The molecule has 1 unspecified atom stereocenters. The summed E-state index contributed by atoms with van der Waals surface area (Å²) < 4.78 is -0.397. The smallest absolute Gasteiger partial charge is 0.423 e. The molecule has 10 nitrogen and oxygen atoms in total. The Balaban J connectivity index is 1.69. The number of fused-ring (bicyclic) bond motifs is 1. The van der Waals surface area contributed by atoms with Crippen LogP contribution in [0.25, 0.3) is 5.70 Å². The van der Waals surface area contributed by atoms with Crippen molar-refractivity contribution < 1.29 is 19.3 Å². The molecule has 3 heterocycles. The number of urea groups is 1. The van der Waals surface area contributed by atoms with E-state index in [0.29, 0.717) is 47.2 Å². The van der Waals surface area contributed by atoms with Gasteiger partial charge in [-0.05, 0) is 36.5 Å². The number of carbonyl (C=O) groups is 1. The number of benzene rings is 1. The van der Waals surface area contributed by atoms with Crippen LogP contribution in [-0.2, 0) is 13.0 Å². The van der Waals surface area contributed by atoms with Gasteiger partial charge in [-0.15, -0.1) is 14.7 Å². The van der Waals surface area contributed by atoms with Gasteiger partial charge in [-0.2, -0.15) is 4.99 Å². The average molecular weight is 432 g/mol. The van der Waals surface area contributed by atoms with E-state index < -0.39 is 17.6 Å². The Bertz CT molecular complexity index is 1210. The lowest BCUT2D eigenvalue weighted by molar-refractivity contribution is -0.611. The average Bonchev–Trinajstić information content (AvgIpc) is 3.10. The third kappa shape index (κ3) is 3.62. The van der Waals surface area contributed by atoms with Crippen LogP contribution < -0.4 is 16.5 Å². The van der Waals surface area contributed by atoms with Crippen LogP contribution in [0.4, 0.5) is 10.6 Å². The summed E-state index contributed by atoms with van der Waals surface area (Å²) in [6, 6.07) is 6.32. The molecule has 1 aromatic carbocycles. The predicted molar refractivity (Wildman–Crippen MR) is 121 cm³/mol. The number of hydrogen-bond donors (Lipinski definition) is 4. The number of aromatic nitrogens is 3. The number of primary amides is 1. The molecular weight excluding hydrogens is 409 g/mol. The van der Waals surface area contributed by atoms with Crippen molar-refractivity contribution in [2.24, 2.45) is 10.7 Å². The number of carbonyl (C=O) groups excluding carboxylic acids is 1. The summed E-state index contributed by atoms with van der Waals surface area (Å²) in [7, 11) is -1.54. The molecule has 11 heteroatoms. The molecule has 162 valence electrons. The van der Waals surface area contributed by atoms with Crippen molar-refractivity contribution in [3.63, 3.8) is 0 Å². The molecule has 2 aliphatic rings. The summed E-state index contributed by atoms with van der Waals surface area (Å²) >= 11 is 0. The van der Waals surface area contributed by atoms with E-state index in [0.717, 1.165) is 5.56 Å². The van der Waals surface area contributed by atoms with Gasteiger partial charge in [-0.1, -0.05) is 31.2 Å². The van der Waals surface area contributed by atoms with E-state index in [1.54, 1.807) is 49.6 Å². The van der Waals surface area contributed by atoms with Crippen LogP contribution in [0.1, 0.15) is 30.9 Å². The molecule has 1 aromatic heterocycles. The Kier molecular flexibility index (Phi) is 5.70. The zero-order valence-corrected chi connectivity index (χ0v) is 17.7. The highest BCUT2D eigenvalue weighted by Gasteiger charge is 2.51. The van der Waals surface area contributed by atoms with Crippen LogP contribution in [0.15, 0.2) is 59.4 Å². The maximum atomic E-state index is 12.6. The van der Waals surface area contributed by atoms with Gasteiger partial charge in [-0.3, -0.25) is 0 Å². The molecule has 0 fully saturated rings. The van der Waals surface area contributed by atoms with E-state index >= 15 is 0 Å². The molecule has 0 aliphatic carbocycles. The van der Waals surface area contributed by atoms with Crippen molar-refractivity contribution in [2.45, 2.75) is 26.8 Å². The number of aryl methyl sites for hydroxylation is 1. The molecule has 2 aliphatic heterocycles. The third-order valence-electron chi connectivity index (χ3n) is 5.37. The van der Waals surface area contributed by atoms with Gasteiger partial charge < -0.3 is 21.1 Å². The van der Waals surface area contributed by atoms with E-state index in [-0.39, 0.29) is 5.82 Å². The number of quaternary nitrogens is 1. The molecule has 2 amide bonds. The Hall–Kier alpha value is -3.67. The molecule has 0 radical (unpaired) electrons. The van der Waals surface area contributed by atoms with E-state index in [1.807, 2.05) is 13.0 Å². The third-order valence-corrected chi connectivity index (χ3v) is 5.37. The Morgan fingerprint density at radius 2 is 2.06 bits per heavy atom. The molecule has 0 spiro atoms. The second-order valence-corrected chi connectivity index (χ2v) is 7.42. The number of aliphatic imine (C=N–C) groups is 1. The van der Waals surface area contributed by atoms with Crippen LogP contribution in [-0.4, -0.2) is 48.7 Å². The Labute approximate surface area is 185 Å². The number of amidine groups is 1. The Morgan fingerprint density at radius 1 is 1.25 bits per heavy atom. The molecule has 0 saturated carbocycles. The van der Waals surface area contributed by atoms with Crippen LogP contribution in [0.3, 0.4) is 0 Å². The van der Waals surface area contributed by atoms with Gasteiger partial charge >= 0.3 is 13.1 Å². The lowest BCUT2D eigenvalue weighted by Gasteiger charge is -2.27. The number of hydrogen-bond acceptors (Lipinski definition) is 8. The minimum Gasteiger partial charge on any atom is -0.423 e. The fraction of sp³-hybridized carbons (Fsp3) is 0.190. The molecule has 0 bridgehead atoms. The number of nitrogens with zero attached hydrogens (tertiary/aromatic N) is 5. The number of rotatable bonds is 6. The number of nitrogens with one attached hydrogen (secondary N) is 1. The lowest BCUT2D eigenvalue weighted by Crippen LogP contribution is -2.52. The first-order valence-electron chi connectivity index (χ1n) is 10.1. The monoisotopic (exact) mass is 432 g/mol. The van der Waals surface area contributed by atoms with Crippen molar-refractivity contribution in [1.82, 2.24) is 15.2 Å². The first kappa shape index (κ1) is 21.6. The maximum Gasteiger partial charge on any atom is 0.488 e. The van der Waals surface area contributed by atoms with Crippen LogP contribution in [0.2, 0.25) is 0 Å². The van der Waals surface area contributed by atoms with Crippen molar-refractivity contribution in [1.29, 1.82) is 0 Å². The molecule has 0 saturated heterocycles. The molecular formula is C21H23BN7O3+. The van der Waals surface area contributed by atoms with Gasteiger partial charge in [0.25, 0.3) is 0 Å². The normalized spacial score (nSPS) is 19.1. The van der Waals surface area contributed by atoms with E-state index in [1.165, 1.54) is 0 Å². The second kappa shape index (κ2) is 8.46. The molecule has 32 heavy (non-hydrogen) atoms. The predicted octanol–water partition coefficient (Wildman–Crippen LogP) is 0.806. The van der Waals surface area contributed by atoms with Gasteiger partial charge in [0.15, 0.2) is 5.82 Å². The number of anilines is 1. The van der Waals surface area contributed by atoms with Crippen LogP contribution in [0.5, 0.6) is 0 Å². The van der Waals surface area contributed by atoms with Crippen LogP contribution >= 0.6 is 0 Å². The number of allylic oxidation sites excluding steroid dienone is 3. The summed E-state index contributed by atoms with van der Waals surface area (Å²) in [6.45, 7) is 4.10. The van der Waals surface area contributed by atoms with Crippen molar-refractivity contribution in [3.8, 4) is 0 Å². The second-order valence-electron chi connectivity index (χ2n) is 7.42. The fourth-order valence-corrected chi connectivity index (χ4v) is 3.79. The van der Waals surface area contributed by atoms with Crippen LogP contribution in [0, 0.1) is 0 Å². The standard InChI is InChI=1S/C21H22BN7O3/c1-3-16-19(24-12-14-7-6-8-15(11-14)22(31)32)26-20(28-27-16)18-13(2)25-17-9-4-5-10-29(17,18)21(23)30/h4-11,31-32H,3,12H2,1-2H3,(H2-,23,24,26,28,30)/p+1. The highest BCUT2D eigenvalue weighted by atomic mass is 16.4.